The summed E-state index contributed by atoms with van der Waals surface area (Å²) in [5.41, 5.74) is -0.716. The van der Waals surface area contributed by atoms with Crippen LogP contribution in [0.5, 0.6) is 0 Å². The zero-order chi connectivity index (χ0) is 57.2. The number of ether oxygens (including phenoxy) is 1. The fourth-order valence-corrected chi connectivity index (χ4v) is 13.8. The van der Waals surface area contributed by atoms with E-state index in [-0.39, 0.29) is 155 Å². The standard InChI is InChI=1S/C57H79N7O13S/c1-8-34-27-36(45-43(34)50(69)62(52(45)71)21-11-14-42(67)60-20-26-78-40(30-57(6,7)31-58)49(68)61-32(3)4)15-17-38-29-39(48-47(38)54(73)63(55(48)74)22-10-13-41(66)59-19-24-65)18-16-37-28-35(9-2)44-46(37)53(72)64(51(44)70)23-12-25-77-33(5)56(75)76/h8-9,15-18,32-40,43-48,65H,1-2,10-14,19-30H2,3-7H3,(H,59,66)(H,60,67)(H,61,68)(H,75,76)/b17-15-,18-16-. The van der Waals surface area contributed by atoms with Gasteiger partial charge in [-0.1, -0.05) is 36.5 Å². The number of likely N-dealkylation sites (tertiary alicyclic amines) is 3. The van der Waals surface area contributed by atoms with Crippen LogP contribution in [0.25, 0.3) is 0 Å². The Bertz CT molecular complexity index is 2440. The number of hydrogen-bond acceptors (Lipinski definition) is 14. The zero-order valence-corrected chi connectivity index (χ0v) is 46.5. The molecule has 78 heavy (non-hydrogen) atoms. The first-order valence-electron chi connectivity index (χ1n) is 27.6. The lowest BCUT2D eigenvalue weighted by atomic mass is 9.86. The van der Waals surface area contributed by atoms with Gasteiger partial charge in [-0.05, 0) is 115 Å². The molecular weight excluding hydrogens is 1020 g/mol. The van der Waals surface area contributed by atoms with Gasteiger partial charge in [0, 0.05) is 64.0 Å². The van der Waals surface area contributed by atoms with Crippen LogP contribution in [-0.2, 0) is 52.7 Å². The lowest BCUT2D eigenvalue weighted by Gasteiger charge is -2.24. The summed E-state index contributed by atoms with van der Waals surface area (Å²) >= 11 is 1.37. The predicted molar refractivity (Wildman–Crippen MR) is 287 cm³/mol. The number of carbonyl (C=O) groups excluding carboxylic acids is 9. The Kier molecular flexibility index (Phi) is 21.4. The average Bonchev–Trinajstić information content (AvgIpc) is 4.34. The van der Waals surface area contributed by atoms with Crippen LogP contribution in [0.1, 0.15) is 92.4 Å². The highest BCUT2D eigenvalue weighted by atomic mass is 32.2. The van der Waals surface area contributed by atoms with E-state index in [1.165, 1.54) is 33.4 Å². The van der Waals surface area contributed by atoms with Crippen LogP contribution in [-0.4, -0.2) is 153 Å². The maximum atomic E-state index is 14.4. The van der Waals surface area contributed by atoms with E-state index in [2.05, 4.69) is 35.2 Å². The van der Waals surface area contributed by atoms with Crippen LogP contribution in [0.2, 0.25) is 0 Å². The van der Waals surface area contributed by atoms with Crippen LogP contribution in [0.4, 0.5) is 0 Å². The molecule has 6 aliphatic rings. The van der Waals surface area contributed by atoms with Gasteiger partial charge in [0.25, 0.3) is 0 Å². The molecule has 0 radical (unpaired) electrons. The number of hydrogen-bond donors (Lipinski definition) is 5. The number of nitriles is 1. The van der Waals surface area contributed by atoms with Crippen LogP contribution in [0.3, 0.4) is 0 Å². The molecule has 6 rings (SSSR count). The van der Waals surface area contributed by atoms with E-state index in [4.69, 9.17) is 14.9 Å². The van der Waals surface area contributed by atoms with Gasteiger partial charge in [0.15, 0.2) is 6.10 Å². The fourth-order valence-electron chi connectivity index (χ4n) is 12.6. The van der Waals surface area contributed by atoms with E-state index < -0.39 is 76.0 Å². The molecule has 3 heterocycles. The van der Waals surface area contributed by atoms with Crippen molar-refractivity contribution in [1.82, 2.24) is 30.7 Å². The minimum atomic E-state index is -1.12. The molecule has 3 aliphatic heterocycles. The lowest BCUT2D eigenvalue weighted by molar-refractivity contribution is -0.150. The maximum absolute atomic E-state index is 14.4. The van der Waals surface area contributed by atoms with Crippen molar-refractivity contribution < 1.29 is 62.9 Å². The molecule has 0 aromatic heterocycles. The van der Waals surface area contributed by atoms with Gasteiger partial charge in [0.1, 0.15) is 0 Å². The minimum Gasteiger partial charge on any atom is -0.479 e. The summed E-state index contributed by atoms with van der Waals surface area (Å²) in [5, 5.41) is 35.7. The number of fused-ring (bicyclic) bond motifs is 3. The highest BCUT2D eigenvalue weighted by molar-refractivity contribution is 8.00. The van der Waals surface area contributed by atoms with Crippen molar-refractivity contribution in [2.24, 2.45) is 76.4 Å². The van der Waals surface area contributed by atoms with E-state index in [0.29, 0.717) is 31.4 Å². The Morgan fingerprint density at radius 2 is 1.06 bits per heavy atom. The molecule has 14 unspecified atom stereocenters. The van der Waals surface area contributed by atoms with Gasteiger partial charge >= 0.3 is 5.97 Å². The van der Waals surface area contributed by atoms with Crippen molar-refractivity contribution >= 4 is 70.9 Å². The number of rotatable bonds is 30. The lowest BCUT2D eigenvalue weighted by Crippen LogP contribution is -2.39. The molecule has 14 atom stereocenters. The summed E-state index contributed by atoms with van der Waals surface area (Å²) in [4.78, 5) is 138. The fraction of sp³-hybridized carbons (Fsp3) is 0.667. The molecule has 0 bridgehead atoms. The third kappa shape index (κ3) is 14.1. The molecule has 6 fully saturated rings. The second kappa shape index (κ2) is 27.3. The summed E-state index contributed by atoms with van der Waals surface area (Å²) in [5.74, 6) is -10.0. The van der Waals surface area contributed by atoms with Crippen LogP contribution < -0.4 is 16.0 Å². The third-order valence-corrected chi connectivity index (χ3v) is 17.6. The van der Waals surface area contributed by atoms with Crippen LogP contribution >= 0.6 is 11.8 Å². The third-order valence-electron chi connectivity index (χ3n) is 16.4. The monoisotopic (exact) mass is 1100 g/mol. The van der Waals surface area contributed by atoms with Crippen LogP contribution in [0.15, 0.2) is 49.6 Å². The molecule has 3 aliphatic carbocycles. The Hall–Kier alpha value is -5.98. The van der Waals surface area contributed by atoms with Crippen molar-refractivity contribution in [1.29, 1.82) is 5.26 Å². The van der Waals surface area contributed by atoms with E-state index >= 15 is 0 Å². The summed E-state index contributed by atoms with van der Waals surface area (Å²) < 4.78 is 5.32. The number of amides is 9. The number of thioether (sulfide) groups is 1. The SMILES string of the molecule is C=CC1CC(/C=C\C2CC(/C=C\C3CC(C=C)C4C(=O)N(CCCC(=O)NCCSC(CC(C)(C)C#N)C(=O)NC(C)C)C(=O)C34)C3C(=O)N(CCCC(=O)NCCO)C(=O)C23)C2C(=O)N(CCCOC(C)C(=O)O)C(=O)C12. The van der Waals surface area contributed by atoms with Gasteiger partial charge in [-0.25, -0.2) is 4.79 Å². The van der Waals surface area contributed by atoms with E-state index in [1.807, 2.05) is 38.2 Å². The molecular formula is C57H79N7O13S. The zero-order valence-electron chi connectivity index (χ0n) is 45.6. The number of carboxylic acids is 1. The average molecular weight is 1100 g/mol. The number of nitrogens with one attached hydrogen (secondary N) is 3. The highest BCUT2D eigenvalue weighted by Crippen LogP contribution is 2.53. The molecule has 5 N–H and O–H groups in total. The second-order valence-electron chi connectivity index (χ2n) is 22.6. The second-order valence-corrected chi connectivity index (χ2v) is 23.9. The molecule has 426 valence electrons. The number of aliphatic hydroxyl groups is 1. The van der Waals surface area contributed by atoms with Crippen molar-refractivity contribution in [2.75, 3.05) is 51.7 Å². The summed E-state index contributed by atoms with van der Waals surface area (Å²) in [7, 11) is 0. The number of nitrogens with zero attached hydrogens (tertiary/aromatic N) is 4. The van der Waals surface area contributed by atoms with Gasteiger partial charge in [-0.3, -0.25) is 57.9 Å². The largest absolute Gasteiger partial charge is 0.479 e. The Morgan fingerprint density at radius 3 is 1.44 bits per heavy atom. The van der Waals surface area contributed by atoms with Crippen molar-refractivity contribution in [3.63, 3.8) is 0 Å². The Labute approximate surface area is 461 Å². The molecule has 3 saturated heterocycles. The molecule has 9 amide bonds. The quantitative estimate of drug-likeness (QED) is 0.0391. The molecule has 21 heteroatoms. The number of carboxylic acid groups (broad SMARTS) is 1. The summed E-state index contributed by atoms with van der Waals surface area (Å²) in [6, 6.07) is 2.17. The van der Waals surface area contributed by atoms with Gasteiger partial charge in [-0.15, -0.1) is 24.9 Å². The number of imide groups is 3. The first-order valence-corrected chi connectivity index (χ1v) is 28.6. The highest BCUT2D eigenvalue weighted by Gasteiger charge is 2.60. The van der Waals surface area contributed by atoms with E-state index in [9.17, 15) is 53.2 Å². The summed E-state index contributed by atoms with van der Waals surface area (Å²) in [6.07, 6.45) is 12.4. The molecule has 20 nitrogen and oxygen atoms in total. The van der Waals surface area contributed by atoms with Crippen molar-refractivity contribution in [3.05, 3.63) is 49.6 Å². The van der Waals surface area contributed by atoms with E-state index in [1.54, 1.807) is 26.0 Å². The number of aliphatic carboxylic acids is 1. The summed E-state index contributed by atoms with van der Waals surface area (Å²) in [6.45, 7) is 16.9. The Balaban J connectivity index is 1.12. The smallest absolute Gasteiger partial charge is 0.332 e. The number of aliphatic hydroxyl groups excluding tert-OH is 1. The van der Waals surface area contributed by atoms with Gasteiger partial charge < -0.3 is 30.9 Å². The molecule has 0 spiro atoms. The molecule has 3 saturated carbocycles. The minimum absolute atomic E-state index is 0.00660. The van der Waals surface area contributed by atoms with E-state index in [0.717, 1.165) is 0 Å². The van der Waals surface area contributed by atoms with Gasteiger partial charge in [-0.2, -0.15) is 5.26 Å². The number of carbonyl (C=O) groups is 10. The maximum Gasteiger partial charge on any atom is 0.332 e. The molecule has 0 aromatic carbocycles. The Morgan fingerprint density at radius 1 is 0.679 bits per heavy atom. The van der Waals surface area contributed by atoms with Gasteiger partial charge in [0.05, 0.1) is 58.8 Å². The first-order chi connectivity index (χ1) is 37.1. The van der Waals surface area contributed by atoms with Gasteiger partial charge in [0.2, 0.25) is 53.2 Å². The number of allylic oxidation sites excluding steroid dienone is 6. The predicted octanol–water partition coefficient (Wildman–Crippen LogP) is 3.41. The normalized spacial score (nSPS) is 29.4. The van der Waals surface area contributed by atoms with Crippen molar-refractivity contribution in [2.45, 2.75) is 110 Å². The molecule has 0 aromatic rings. The van der Waals surface area contributed by atoms with Crippen molar-refractivity contribution in [3.8, 4) is 6.07 Å². The first kappa shape index (κ1) is 61.2. The van der Waals surface area contributed by atoms with Crippen LogP contribution in [0, 0.1) is 87.8 Å². The topological polar surface area (TPSA) is 290 Å².